The molecule has 2 rings (SSSR count). The Morgan fingerprint density at radius 2 is 1.75 bits per heavy atom. The lowest BCUT2D eigenvalue weighted by molar-refractivity contribution is 0.108. The quantitative estimate of drug-likeness (QED) is 0.876. The smallest absolute Gasteiger partial charge is 0.252 e. The molecule has 0 atom stereocenters. The van der Waals surface area contributed by atoms with Crippen molar-refractivity contribution in [2.75, 3.05) is 0 Å². The van der Waals surface area contributed by atoms with E-state index >= 15 is 0 Å². The monoisotopic (exact) mass is 327 g/mol. The second-order valence-corrected chi connectivity index (χ2v) is 6.88. The van der Waals surface area contributed by atoms with E-state index in [4.69, 9.17) is 16.7 Å². The van der Waals surface area contributed by atoms with Gasteiger partial charge in [-0.2, -0.15) is 0 Å². The van der Waals surface area contributed by atoms with E-state index in [1.54, 1.807) is 0 Å². The van der Waals surface area contributed by atoms with Crippen LogP contribution in [0.1, 0.15) is 10.4 Å². The maximum absolute atomic E-state index is 11.6. The molecule has 0 unspecified atom stereocenters. The van der Waals surface area contributed by atoms with Crippen molar-refractivity contribution in [1.82, 2.24) is 0 Å². The predicted molar refractivity (Wildman–Crippen MR) is 78.6 cm³/mol. The van der Waals surface area contributed by atoms with Crippen LogP contribution in [0, 0.1) is 0 Å². The molecule has 0 amide bonds. The molecule has 20 heavy (non-hydrogen) atoms. The average Bonchev–Trinajstić information content (AvgIpc) is 2.39. The molecule has 0 saturated carbocycles. The number of carbonyl (C=O) groups excluding carboxylic acids is 1. The van der Waals surface area contributed by atoms with Gasteiger partial charge in [-0.05, 0) is 41.9 Å². The number of hydrogen-bond donors (Lipinski definition) is 1. The van der Waals surface area contributed by atoms with Gasteiger partial charge in [0.1, 0.15) is 0 Å². The molecule has 0 aliphatic carbocycles. The van der Waals surface area contributed by atoms with Crippen LogP contribution in [-0.4, -0.2) is 13.7 Å². The lowest BCUT2D eigenvalue weighted by atomic mass is 10.2. The number of hydrogen-bond acceptors (Lipinski definition) is 4. The van der Waals surface area contributed by atoms with E-state index in [0.29, 0.717) is 4.90 Å². The van der Waals surface area contributed by atoms with E-state index in [1.807, 2.05) is 30.3 Å². The van der Waals surface area contributed by atoms with Crippen molar-refractivity contribution in [2.45, 2.75) is 14.7 Å². The molecule has 2 aromatic rings. The lowest BCUT2D eigenvalue weighted by Crippen LogP contribution is -2.14. The molecule has 0 aliphatic heterocycles. The fourth-order valence-electron chi connectivity index (χ4n) is 1.55. The molecule has 7 heteroatoms. The van der Waals surface area contributed by atoms with Gasteiger partial charge in [-0.25, -0.2) is 13.6 Å². The van der Waals surface area contributed by atoms with Gasteiger partial charge in [0, 0.05) is 15.4 Å². The third kappa shape index (κ3) is 3.61. The topological polar surface area (TPSA) is 77.2 Å². The van der Waals surface area contributed by atoms with Crippen LogP contribution in [-0.2, 0) is 10.0 Å². The van der Waals surface area contributed by atoms with Crippen LogP contribution in [0.25, 0.3) is 0 Å². The highest BCUT2D eigenvalue weighted by molar-refractivity contribution is 8.00. The average molecular weight is 328 g/mol. The molecule has 4 nitrogen and oxygen atoms in total. The summed E-state index contributed by atoms with van der Waals surface area (Å²) in [5, 5.41) is 4.45. The van der Waals surface area contributed by atoms with Gasteiger partial charge in [-0.3, -0.25) is 4.79 Å². The molecule has 2 N–H and O–H groups in total. The molecule has 0 bridgehead atoms. The first-order valence-corrected chi connectivity index (χ1v) is 8.21. The fourth-order valence-corrected chi connectivity index (χ4v) is 3.63. The number of benzene rings is 2. The summed E-state index contributed by atoms with van der Waals surface area (Å²) in [6.45, 7) is 0. The Bertz CT molecular complexity index is 745. The Morgan fingerprint density at radius 1 is 1.10 bits per heavy atom. The van der Waals surface area contributed by atoms with Crippen molar-refractivity contribution in [3.8, 4) is 0 Å². The van der Waals surface area contributed by atoms with E-state index < -0.39 is 15.3 Å². The fraction of sp³-hybridized carbons (Fsp3) is 0. The van der Waals surface area contributed by atoms with E-state index in [0.717, 1.165) is 4.90 Å². The van der Waals surface area contributed by atoms with E-state index in [-0.39, 0.29) is 10.5 Å². The summed E-state index contributed by atoms with van der Waals surface area (Å²) in [4.78, 5) is 12.3. The highest BCUT2D eigenvalue weighted by Crippen LogP contribution is 2.33. The van der Waals surface area contributed by atoms with Crippen LogP contribution in [0.3, 0.4) is 0 Å². The molecule has 0 heterocycles. The Kier molecular flexibility index (Phi) is 4.49. The molecule has 0 spiro atoms. The minimum absolute atomic E-state index is 0.0908. The van der Waals surface area contributed by atoms with Gasteiger partial charge in [-0.15, -0.1) is 0 Å². The van der Waals surface area contributed by atoms with E-state index in [2.05, 4.69) is 0 Å². The Balaban J connectivity index is 2.50. The summed E-state index contributed by atoms with van der Waals surface area (Å²) in [7, 11) is -3.94. The molecule has 0 aliphatic rings. The van der Waals surface area contributed by atoms with Gasteiger partial charge < -0.3 is 0 Å². The molecule has 0 saturated heterocycles. The summed E-state index contributed by atoms with van der Waals surface area (Å²) in [5.74, 6) is 0. The highest BCUT2D eigenvalue weighted by Gasteiger charge is 2.17. The maximum atomic E-state index is 11.6. The number of rotatable bonds is 4. The third-order valence-electron chi connectivity index (χ3n) is 2.45. The Labute approximate surface area is 126 Å². The second-order valence-electron chi connectivity index (χ2n) is 3.90. The zero-order valence-corrected chi connectivity index (χ0v) is 12.5. The zero-order chi connectivity index (χ0) is 14.8. The van der Waals surface area contributed by atoms with Gasteiger partial charge in [0.05, 0.1) is 4.90 Å². The van der Waals surface area contributed by atoms with Gasteiger partial charge in [0.15, 0.2) is 0 Å². The van der Waals surface area contributed by atoms with Gasteiger partial charge in [0.2, 0.25) is 10.0 Å². The molecular weight excluding hydrogens is 318 g/mol. The van der Waals surface area contributed by atoms with Crippen LogP contribution in [0.15, 0.2) is 63.2 Å². The minimum atomic E-state index is -3.94. The van der Waals surface area contributed by atoms with Crippen LogP contribution >= 0.6 is 23.4 Å². The summed E-state index contributed by atoms with van der Waals surface area (Å²) in [6, 6.07) is 13.4. The summed E-state index contributed by atoms with van der Waals surface area (Å²) in [6.07, 6.45) is 0. The second kappa shape index (κ2) is 5.97. The largest absolute Gasteiger partial charge is 0.276 e. The molecular formula is C13H10ClNO3S2. The highest BCUT2D eigenvalue weighted by atomic mass is 35.5. The van der Waals surface area contributed by atoms with Crippen molar-refractivity contribution in [2.24, 2.45) is 5.14 Å². The van der Waals surface area contributed by atoms with Gasteiger partial charge in [0.25, 0.3) is 5.24 Å². The first-order valence-electron chi connectivity index (χ1n) is 5.47. The molecule has 2 aromatic carbocycles. The van der Waals surface area contributed by atoms with Crippen molar-refractivity contribution in [3.05, 3.63) is 54.1 Å². The lowest BCUT2D eigenvalue weighted by Gasteiger charge is -2.08. The Hall–Kier alpha value is -1.34. The normalized spacial score (nSPS) is 11.3. The van der Waals surface area contributed by atoms with Crippen molar-refractivity contribution >= 4 is 38.6 Å². The van der Waals surface area contributed by atoms with Crippen molar-refractivity contribution in [1.29, 1.82) is 0 Å². The zero-order valence-electron chi connectivity index (χ0n) is 10.1. The Morgan fingerprint density at radius 3 is 2.30 bits per heavy atom. The number of carbonyl (C=O) groups is 1. The van der Waals surface area contributed by atoms with E-state index in [9.17, 15) is 13.2 Å². The number of primary sulfonamides is 1. The molecule has 0 fully saturated rings. The van der Waals surface area contributed by atoms with Crippen LogP contribution in [0.2, 0.25) is 0 Å². The summed E-state index contributed by atoms with van der Waals surface area (Å²) >= 11 is 6.60. The number of nitrogens with two attached hydrogens (primary N) is 1. The number of sulfonamides is 1. The first kappa shape index (κ1) is 15.1. The van der Waals surface area contributed by atoms with Crippen LogP contribution in [0.5, 0.6) is 0 Å². The van der Waals surface area contributed by atoms with Crippen LogP contribution in [0.4, 0.5) is 0 Å². The van der Waals surface area contributed by atoms with Crippen molar-refractivity contribution in [3.63, 3.8) is 0 Å². The third-order valence-corrected chi connectivity index (χ3v) is 4.83. The summed E-state index contributed by atoms with van der Waals surface area (Å²) < 4.78 is 23.3. The van der Waals surface area contributed by atoms with Gasteiger partial charge >= 0.3 is 0 Å². The predicted octanol–water partition coefficient (Wildman–Crippen LogP) is 2.86. The molecule has 0 radical (unpaired) electrons. The first-order chi connectivity index (χ1) is 9.38. The minimum Gasteiger partial charge on any atom is -0.276 e. The van der Waals surface area contributed by atoms with Crippen molar-refractivity contribution < 1.29 is 13.2 Å². The summed E-state index contributed by atoms with van der Waals surface area (Å²) in [5.41, 5.74) is 0.0908. The standard InChI is InChI=1S/C13H10ClNO3S2/c14-13(16)9-6-7-11(12(8-9)20(15,17)18)19-10-4-2-1-3-5-10/h1-8H,(H2,15,17,18). The van der Waals surface area contributed by atoms with Gasteiger partial charge in [-0.1, -0.05) is 30.0 Å². The SMILES string of the molecule is NS(=O)(=O)c1cc(C(=O)Cl)ccc1Sc1ccccc1. The number of halogens is 1. The van der Waals surface area contributed by atoms with Crippen LogP contribution < -0.4 is 5.14 Å². The maximum Gasteiger partial charge on any atom is 0.252 e. The molecule has 0 aromatic heterocycles. The van der Waals surface area contributed by atoms with E-state index in [1.165, 1.54) is 30.0 Å². The molecule has 104 valence electrons.